The lowest BCUT2D eigenvalue weighted by Crippen LogP contribution is -2.47. The molecule has 3 rings (SSSR count). The van der Waals surface area contributed by atoms with E-state index < -0.39 is 0 Å². The van der Waals surface area contributed by atoms with Gasteiger partial charge in [0, 0.05) is 12.6 Å². The Balaban J connectivity index is 1.94. The van der Waals surface area contributed by atoms with Crippen LogP contribution < -0.4 is 20.9 Å². The summed E-state index contributed by atoms with van der Waals surface area (Å²) in [6.45, 7) is 1.04. The van der Waals surface area contributed by atoms with Gasteiger partial charge in [-0.2, -0.15) is 0 Å². The third-order valence-corrected chi connectivity index (χ3v) is 4.64. The van der Waals surface area contributed by atoms with Gasteiger partial charge >= 0.3 is 0 Å². The van der Waals surface area contributed by atoms with Gasteiger partial charge in [-0.15, -0.1) is 0 Å². The van der Waals surface area contributed by atoms with Crippen LogP contribution in [0, 0.1) is 5.92 Å². The van der Waals surface area contributed by atoms with Gasteiger partial charge in [-0.05, 0) is 31.6 Å². The molecule has 0 aromatic carbocycles. The second-order valence-electron chi connectivity index (χ2n) is 5.67. The summed E-state index contributed by atoms with van der Waals surface area (Å²) in [6.07, 6.45) is 9.40. The molecule has 1 aliphatic carbocycles. The van der Waals surface area contributed by atoms with Crippen LogP contribution in [0.2, 0.25) is 0 Å². The molecule has 1 aromatic heterocycles. The topological polar surface area (TPSA) is 76.3 Å². The maximum atomic E-state index is 5.52. The van der Waals surface area contributed by atoms with Gasteiger partial charge in [0.1, 0.15) is 6.33 Å². The zero-order chi connectivity index (χ0) is 13.9. The van der Waals surface area contributed by atoms with E-state index in [1.807, 2.05) is 0 Å². The number of ether oxygens (including phenoxy) is 1. The number of methoxy groups -OCH3 is 1. The molecule has 2 unspecified atom stereocenters. The van der Waals surface area contributed by atoms with Gasteiger partial charge in [-0.3, -0.25) is 0 Å². The van der Waals surface area contributed by atoms with Crippen LogP contribution in [0.25, 0.3) is 0 Å². The minimum atomic E-state index is 0.551. The first-order chi connectivity index (χ1) is 9.85. The summed E-state index contributed by atoms with van der Waals surface area (Å²) in [5.74, 6) is 8.40. The number of piperidine rings is 1. The van der Waals surface area contributed by atoms with Crippen molar-refractivity contribution in [2.45, 2.75) is 44.6 Å². The molecule has 3 N–H and O–H groups in total. The van der Waals surface area contributed by atoms with E-state index in [0.29, 0.717) is 17.6 Å². The Morgan fingerprint density at radius 1 is 1.25 bits per heavy atom. The molecule has 2 aliphatic rings. The molecule has 2 heterocycles. The van der Waals surface area contributed by atoms with Gasteiger partial charge in [0.05, 0.1) is 7.11 Å². The maximum absolute atomic E-state index is 5.52. The van der Waals surface area contributed by atoms with E-state index in [9.17, 15) is 0 Å². The number of rotatable bonds is 3. The normalized spacial score (nSPS) is 26.0. The third kappa shape index (κ3) is 2.28. The molecule has 1 saturated carbocycles. The van der Waals surface area contributed by atoms with Crippen molar-refractivity contribution in [3.05, 3.63) is 6.33 Å². The predicted octanol–water partition coefficient (Wildman–Crippen LogP) is 1.93. The zero-order valence-corrected chi connectivity index (χ0v) is 12.0. The van der Waals surface area contributed by atoms with Crippen LogP contribution in [-0.4, -0.2) is 29.7 Å². The molecule has 6 nitrogen and oxygen atoms in total. The van der Waals surface area contributed by atoms with Crippen LogP contribution in [0.3, 0.4) is 0 Å². The van der Waals surface area contributed by atoms with Crippen LogP contribution in [0.5, 0.6) is 5.75 Å². The number of anilines is 2. The van der Waals surface area contributed by atoms with Gasteiger partial charge in [0.15, 0.2) is 11.6 Å². The molecule has 0 bridgehead atoms. The first kappa shape index (κ1) is 13.4. The number of fused-ring (bicyclic) bond motifs is 1. The summed E-state index contributed by atoms with van der Waals surface area (Å²) < 4.78 is 5.49. The monoisotopic (exact) mass is 277 g/mol. The van der Waals surface area contributed by atoms with E-state index in [2.05, 4.69) is 20.3 Å². The number of hydrazine groups is 1. The van der Waals surface area contributed by atoms with E-state index in [1.165, 1.54) is 38.5 Å². The molecule has 0 radical (unpaired) electrons. The average molecular weight is 277 g/mol. The molecule has 20 heavy (non-hydrogen) atoms. The number of nitrogens with one attached hydrogen (secondary N) is 1. The number of aromatic nitrogens is 2. The second kappa shape index (κ2) is 5.83. The van der Waals surface area contributed by atoms with Gasteiger partial charge in [-0.1, -0.05) is 12.8 Å². The van der Waals surface area contributed by atoms with Crippen LogP contribution >= 0.6 is 0 Å². The predicted molar refractivity (Wildman–Crippen MR) is 78.7 cm³/mol. The summed E-state index contributed by atoms with van der Waals surface area (Å²) >= 11 is 0. The van der Waals surface area contributed by atoms with E-state index in [0.717, 1.165) is 18.3 Å². The summed E-state index contributed by atoms with van der Waals surface area (Å²) in [5, 5.41) is 0. The Hall–Kier alpha value is -1.56. The lowest BCUT2D eigenvalue weighted by Gasteiger charge is -2.45. The van der Waals surface area contributed by atoms with E-state index in [-0.39, 0.29) is 0 Å². The molecule has 1 saturated heterocycles. The fourth-order valence-electron chi connectivity index (χ4n) is 3.75. The zero-order valence-electron chi connectivity index (χ0n) is 12.0. The molecular weight excluding hydrogens is 254 g/mol. The van der Waals surface area contributed by atoms with Crippen molar-refractivity contribution >= 4 is 11.6 Å². The number of nitrogens with two attached hydrogens (primary N) is 1. The molecule has 1 aliphatic heterocycles. The Labute approximate surface area is 119 Å². The van der Waals surface area contributed by atoms with Crippen molar-refractivity contribution in [1.82, 2.24) is 9.97 Å². The van der Waals surface area contributed by atoms with Crippen molar-refractivity contribution in [1.29, 1.82) is 0 Å². The third-order valence-electron chi connectivity index (χ3n) is 4.64. The maximum Gasteiger partial charge on any atom is 0.205 e. The quantitative estimate of drug-likeness (QED) is 0.649. The van der Waals surface area contributed by atoms with Gasteiger partial charge < -0.3 is 15.1 Å². The Bertz CT molecular complexity index is 465. The lowest BCUT2D eigenvalue weighted by molar-refractivity contribution is 0.241. The minimum absolute atomic E-state index is 0.551. The molecule has 1 aromatic rings. The molecule has 2 atom stereocenters. The fraction of sp³-hybridized carbons (Fsp3) is 0.714. The first-order valence-corrected chi connectivity index (χ1v) is 7.47. The van der Waals surface area contributed by atoms with Crippen molar-refractivity contribution < 1.29 is 4.74 Å². The number of hydrogen-bond acceptors (Lipinski definition) is 6. The lowest BCUT2D eigenvalue weighted by atomic mass is 9.78. The summed E-state index contributed by atoms with van der Waals surface area (Å²) in [5.41, 5.74) is 2.60. The average Bonchev–Trinajstić information content (AvgIpc) is 2.53. The fourth-order valence-corrected chi connectivity index (χ4v) is 3.75. The van der Waals surface area contributed by atoms with E-state index in [1.54, 1.807) is 13.4 Å². The minimum Gasteiger partial charge on any atom is -0.490 e. The highest BCUT2D eigenvalue weighted by molar-refractivity contribution is 5.65. The number of hydrogen-bond donors (Lipinski definition) is 2. The SMILES string of the molecule is COc1c(NN)ncnc1N1CCCC2CCCCC21. The molecule has 110 valence electrons. The van der Waals surface area contributed by atoms with Crippen molar-refractivity contribution in [2.75, 3.05) is 24.0 Å². The van der Waals surface area contributed by atoms with Crippen LogP contribution in [0.1, 0.15) is 38.5 Å². The highest BCUT2D eigenvalue weighted by Crippen LogP contribution is 2.41. The Kier molecular flexibility index (Phi) is 3.91. The molecule has 6 heteroatoms. The van der Waals surface area contributed by atoms with Gasteiger partial charge in [-0.25, -0.2) is 15.8 Å². The first-order valence-electron chi connectivity index (χ1n) is 7.47. The molecule has 0 amide bonds. The highest BCUT2D eigenvalue weighted by Gasteiger charge is 2.35. The molecule has 2 fully saturated rings. The van der Waals surface area contributed by atoms with Gasteiger partial charge in [0.2, 0.25) is 5.75 Å². The smallest absolute Gasteiger partial charge is 0.205 e. The van der Waals surface area contributed by atoms with Crippen molar-refractivity contribution in [3.8, 4) is 5.75 Å². The highest BCUT2D eigenvalue weighted by atomic mass is 16.5. The standard InChI is InChI=1S/C14H23N5O/c1-20-12-13(18-15)16-9-17-14(12)19-8-4-6-10-5-2-3-7-11(10)19/h9-11H,2-8,15H2,1H3,(H,16,17,18). The van der Waals surface area contributed by atoms with Crippen molar-refractivity contribution in [2.24, 2.45) is 11.8 Å². The van der Waals surface area contributed by atoms with Crippen LogP contribution in [0.15, 0.2) is 6.33 Å². The summed E-state index contributed by atoms with van der Waals surface area (Å²) in [7, 11) is 1.64. The summed E-state index contributed by atoms with van der Waals surface area (Å²) in [4.78, 5) is 11.0. The molecule has 0 spiro atoms. The van der Waals surface area contributed by atoms with Crippen LogP contribution in [0.4, 0.5) is 11.6 Å². The van der Waals surface area contributed by atoms with Gasteiger partial charge in [0.25, 0.3) is 0 Å². The largest absolute Gasteiger partial charge is 0.490 e. The molecular formula is C14H23N5O. The second-order valence-corrected chi connectivity index (χ2v) is 5.67. The van der Waals surface area contributed by atoms with Crippen LogP contribution in [-0.2, 0) is 0 Å². The Morgan fingerprint density at radius 2 is 2.05 bits per heavy atom. The summed E-state index contributed by atoms with van der Waals surface area (Å²) in [6, 6.07) is 0.590. The Morgan fingerprint density at radius 3 is 2.85 bits per heavy atom. The number of nitrogens with zero attached hydrogens (tertiary/aromatic N) is 3. The van der Waals surface area contributed by atoms with E-state index in [4.69, 9.17) is 10.6 Å². The number of nitrogen functional groups attached to an aromatic ring is 1. The van der Waals surface area contributed by atoms with Crippen molar-refractivity contribution in [3.63, 3.8) is 0 Å². The van der Waals surface area contributed by atoms with E-state index >= 15 is 0 Å².